The van der Waals surface area contributed by atoms with Gasteiger partial charge in [-0.05, 0) is 44.9 Å². The second-order valence-corrected chi connectivity index (χ2v) is 5.75. The van der Waals surface area contributed by atoms with Crippen molar-refractivity contribution in [2.24, 2.45) is 0 Å². The molecular weight excluding hydrogens is 274 g/mol. The van der Waals surface area contributed by atoms with Gasteiger partial charge >= 0.3 is 6.09 Å². The Morgan fingerprint density at radius 2 is 2.10 bits per heavy atom. The monoisotopic (exact) mass is 295 g/mol. The second-order valence-electron chi connectivity index (χ2n) is 5.75. The number of carbonyl (C=O) groups excluding carboxylic acids is 1. The minimum absolute atomic E-state index is 0.145. The lowest BCUT2D eigenvalue weighted by atomic mass is 10.1. The van der Waals surface area contributed by atoms with Gasteiger partial charge in [-0.3, -0.25) is 5.32 Å². The summed E-state index contributed by atoms with van der Waals surface area (Å²) in [5.41, 5.74) is 0.982. The van der Waals surface area contributed by atoms with E-state index in [2.05, 4.69) is 5.32 Å². The Kier molecular flexibility index (Phi) is 4.57. The molecule has 0 atom stereocenters. The van der Waals surface area contributed by atoms with Crippen LogP contribution in [0.4, 0.5) is 10.5 Å². The first-order valence-corrected chi connectivity index (χ1v) is 6.80. The average Bonchev–Trinajstić information content (AvgIpc) is 2.82. The third-order valence-corrected chi connectivity index (χ3v) is 2.76. The number of rotatable bonds is 4. The van der Waals surface area contributed by atoms with Gasteiger partial charge in [-0.15, -0.1) is 0 Å². The first-order valence-electron chi connectivity index (χ1n) is 6.80. The highest BCUT2D eigenvalue weighted by atomic mass is 16.7. The van der Waals surface area contributed by atoms with Crippen LogP contribution in [-0.2, 0) is 15.9 Å². The number of ether oxygens (including phenoxy) is 4. The number of fused-ring (bicyclic) bond motifs is 1. The largest absolute Gasteiger partial charge is 0.453 e. The van der Waals surface area contributed by atoms with Crippen molar-refractivity contribution in [1.29, 1.82) is 0 Å². The molecule has 21 heavy (non-hydrogen) atoms. The fourth-order valence-corrected chi connectivity index (χ4v) is 1.94. The summed E-state index contributed by atoms with van der Waals surface area (Å²) >= 11 is 0. The fraction of sp³-hybridized carbons (Fsp3) is 0.533. The lowest BCUT2D eigenvalue weighted by Gasteiger charge is -2.20. The molecule has 0 unspecified atom stereocenters. The number of carbonyl (C=O) groups is 1. The van der Waals surface area contributed by atoms with Crippen molar-refractivity contribution in [3.8, 4) is 11.5 Å². The number of amides is 1. The standard InChI is InChI=1S/C15H21NO5/c1-15(2,3)21-14(17)16-11-7-10(5-6-18-4)8-12-13(11)20-9-19-12/h7-8H,5-6,9H2,1-4H3,(H,16,17). The van der Waals surface area contributed by atoms with Gasteiger partial charge in [-0.25, -0.2) is 4.79 Å². The zero-order chi connectivity index (χ0) is 15.5. The van der Waals surface area contributed by atoms with Gasteiger partial charge in [0.15, 0.2) is 11.5 Å². The SMILES string of the molecule is COCCc1cc(NC(=O)OC(C)(C)C)c2c(c1)OCO2. The molecule has 0 saturated carbocycles. The quantitative estimate of drug-likeness (QED) is 0.925. The molecular formula is C15H21NO5. The zero-order valence-corrected chi connectivity index (χ0v) is 12.8. The van der Waals surface area contributed by atoms with E-state index in [-0.39, 0.29) is 6.79 Å². The van der Waals surface area contributed by atoms with Crippen molar-refractivity contribution in [2.45, 2.75) is 32.8 Å². The molecule has 1 aliphatic heterocycles. The number of methoxy groups -OCH3 is 1. The molecule has 0 aliphatic carbocycles. The van der Waals surface area contributed by atoms with Gasteiger partial charge in [0, 0.05) is 7.11 Å². The maximum Gasteiger partial charge on any atom is 0.412 e. The molecule has 0 fully saturated rings. The first kappa shape index (κ1) is 15.4. The van der Waals surface area contributed by atoms with E-state index in [4.69, 9.17) is 18.9 Å². The minimum atomic E-state index is -0.557. The third-order valence-electron chi connectivity index (χ3n) is 2.76. The second kappa shape index (κ2) is 6.22. The molecule has 1 aromatic rings. The van der Waals surface area contributed by atoms with Crippen molar-refractivity contribution in [2.75, 3.05) is 25.8 Å². The molecule has 0 saturated heterocycles. The molecule has 1 aromatic carbocycles. The van der Waals surface area contributed by atoms with Crippen LogP contribution in [0.5, 0.6) is 11.5 Å². The molecule has 1 amide bonds. The Hall–Kier alpha value is -1.95. The van der Waals surface area contributed by atoms with Crippen molar-refractivity contribution >= 4 is 11.8 Å². The third kappa shape index (κ3) is 4.26. The van der Waals surface area contributed by atoms with Crippen LogP contribution in [0.2, 0.25) is 0 Å². The predicted molar refractivity (Wildman–Crippen MR) is 78.0 cm³/mol. The number of hydrogen-bond acceptors (Lipinski definition) is 5. The van der Waals surface area contributed by atoms with Gasteiger partial charge in [0.1, 0.15) is 5.60 Å². The van der Waals surface area contributed by atoms with Crippen LogP contribution in [0, 0.1) is 0 Å². The number of hydrogen-bond donors (Lipinski definition) is 1. The Labute approximate surface area is 124 Å². The molecule has 0 aromatic heterocycles. The zero-order valence-electron chi connectivity index (χ0n) is 12.8. The molecule has 6 heteroatoms. The maximum absolute atomic E-state index is 11.9. The van der Waals surface area contributed by atoms with Crippen molar-refractivity contribution in [3.63, 3.8) is 0 Å². The molecule has 0 spiro atoms. The average molecular weight is 295 g/mol. The van der Waals surface area contributed by atoms with Crippen molar-refractivity contribution in [3.05, 3.63) is 17.7 Å². The van der Waals surface area contributed by atoms with E-state index >= 15 is 0 Å². The maximum atomic E-state index is 11.9. The molecule has 116 valence electrons. The Morgan fingerprint density at radius 1 is 1.33 bits per heavy atom. The molecule has 0 bridgehead atoms. The van der Waals surface area contributed by atoms with Crippen LogP contribution < -0.4 is 14.8 Å². The van der Waals surface area contributed by atoms with Crippen LogP contribution in [0.1, 0.15) is 26.3 Å². The summed E-state index contributed by atoms with van der Waals surface area (Å²) in [5, 5.41) is 2.71. The summed E-state index contributed by atoms with van der Waals surface area (Å²) in [6, 6.07) is 3.73. The fourth-order valence-electron chi connectivity index (χ4n) is 1.94. The van der Waals surface area contributed by atoms with Crippen LogP contribution in [-0.4, -0.2) is 32.2 Å². The summed E-state index contributed by atoms with van der Waals surface area (Å²) in [6.07, 6.45) is 0.194. The highest BCUT2D eigenvalue weighted by molar-refractivity contribution is 5.88. The van der Waals surface area contributed by atoms with Crippen molar-refractivity contribution < 1.29 is 23.7 Å². The predicted octanol–water partition coefficient (Wildman–Crippen LogP) is 2.95. The summed E-state index contributed by atoms with van der Waals surface area (Å²) in [7, 11) is 1.65. The summed E-state index contributed by atoms with van der Waals surface area (Å²) in [4.78, 5) is 11.9. The molecule has 0 radical (unpaired) electrons. The van der Waals surface area contributed by atoms with E-state index in [1.54, 1.807) is 7.11 Å². The first-order chi connectivity index (χ1) is 9.89. The number of nitrogens with one attached hydrogen (secondary N) is 1. The van der Waals surface area contributed by atoms with Gasteiger partial charge in [-0.2, -0.15) is 0 Å². The van der Waals surface area contributed by atoms with E-state index in [1.807, 2.05) is 32.9 Å². The number of anilines is 1. The minimum Gasteiger partial charge on any atom is -0.453 e. The normalized spacial score (nSPS) is 13.1. The van der Waals surface area contributed by atoms with E-state index in [9.17, 15) is 4.79 Å². The number of benzene rings is 1. The Bertz CT molecular complexity index is 522. The topological polar surface area (TPSA) is 66.0 Å². The molecule has 6 nitrogen and oxygen atoms in total. The van der Waals surface area contributed by atoms with Gasteiger partial charge < -0.3 is 18.9 Å². The smallest absolute Gasteiger partial charge is 0.412 e. The van der Waals surface area contributed by atoms with Gasteiger partial charge in [0.2, 0.25) is 6.79 Å². The lowest BCUT2D eigenvalue weighted by molar-refractivity contribution is 0.0635. The highest BCUT2D eigenvalue weighted by Gasteiger charge is 2.23. The van der Waals surface area contributed by atoms with Gasteiger partial charge in [0.25, 0.3) is 0 Å². The van der Waals surface area contributed by atoms with Crippen molar-refractivity contribution in [1.82, 2.24) is 0 Å². The summed E-state index contributed by atoms with van der Waals surface area (Å²) < 4.78 is 21.1. The van der Waals surface area contributed by atoms with E-state index in [1.165, 1.54) is 0 Å². The van der Waals surface area contributed by atoms with E-state index < -0.39 is 11.7 Å². The van der Waals surface area contributed by atoms with E-state index in [0.29, 0.717) is 23.8 Å². The summed E-state index contributed by atoms with van der Waals surface area (Å²) in [5.74, 6) is 1.15. The van der Waals surface area contributed by atoms with Gasteiger partial charge in [-0.1, -0.05) is 0 Å². The van der Waals surface area contributed by atoms with Crippen LogP contribution in [0.15, 0.2) is 12.1 Å². The van der Waals surface area contributed by atoms with Gasteiger partial charge in [0.05, 0.1) is 12.3 Å². The lowest BCUT2D eigenvalue weighted by Crippen LogP contribution is -2.27. The molecule has 1 heterocycles. The highest BCUT2D eigenvalue weighted by Crippen LogP contribution is 2.40. The Morgan fingerprint density at radius 3 is 2.76 bits per heavy atom. The Balaban J connectivity index is 2.17. The van der Waals surface area contributed by atoms with E-state index in [0.717, 1.165) is 12.0 Å². The molecule has 1 N–H and O–H groups in total. The van der Waals surface area contributed by atoms with Crippen LogP contribution in [0.25, 0.3) is 0 Å². The molecule has 1 aliphatic rings. The molecule has 2 rings (SSSR count). The van der Waals surface area contributed by atoms with Crippen LogP contribution >= 0.6 is 0 Å². The van der Waals surface area contributed by atoms with Crippen LogP contribution in [0.3, 0.4) is 0 Å². The summed E-state index contributed by atoms with van der Waals surface area (Å²) in [6.45, 7) is 6.17.